The fourth-order valence-electron chi connectivity index (χ4n) is 0.459. The lowest BCUT2D eigenvalue weighted by atomic mass is 10.2. The molecule has 9 heavy (non-hydrogen) atoms. The largest absolute Gasteiger partial charge is 0.393 e. The van der Waals surface area contributed by atoms with Crippen molar-refractivity contribution in [2.45, 2.75) is 25.9 Å². The Morgan fingerprint density at radius 3 is 2.67 bits per heavy atom. The van der Waals surface area contributed by atoms with E-state index in [-0.39, 0.29) is 13.0 Å². The van der Waals surface area contributed by atoms with Gasteiger partial charge in [-0.05, 0) is 6.42 Å². The highest BCUT2D eigenvalue weighted by Gasteiger charge is 2.04. The van der Waals surface area contributed by atoms with Crippen LogP contribution in [0, 0.1) is 10.1 Å². The van der Waals surface area contributed by atoms with Crippen molar-refractivity contribution in [2.75, 3.05) is 6.54 Å². The lowest BCUT2D eigenvalue weighted by Crippen LogP contribution is -2.11. The van der Waals surface area contributed by atoms with Crippen LogP contribution in [0.1, 0.15) is 19.8 Å². The van der Waals surface area contributed by atoms with Crippen LogP contribution in [0.25, 0.3) is 0 Å². The molecule has 0 fully saturated rings. The van der Waals surface area contributed by atoms with Crippen molar-refractivity contribution < 1.29 is 10.0 Å². The van der Waals surface area contributed by atoms with Crippen molar-refractivity contribution in [3.05, 3.63) is 10.1 Å². The molecule has 0 bridgehead atoms. The van der Waals surface area contributed by atoms with E-state index in [4.69, 9.17) is 5.11 Å². The third kappa shape index (κ3) is 5.23. The van der Waals surface area contributed by atoms with Crippen LogP contribution in [-0.4, -0.2) is 22.7 Å². The number of hydrogen-bond acceptors (Lipinski definition) is 3. The van der Waals surface area contributed by atoms with Gasteiger partial charge in [-0.2, -0.15) is 0 Å². The lowest BCUT2D eigenvalue weighted by molar-refractivity contribution is -0.482. The number of aliphatic hydroxyl groups excluding tert-OH is 1. The van der Waals surface area contributed by atoms with Gasteiger partial charge in [0.25, 0.3) is 0 Å². The highest BCUT2D eigenvalue weighted by Crippen LogP contribution is 1.95. The van der Waals surface area contributed by atoms with Crippen molar-refractivity contribution in [1.29, 1.82) is 0 Å². The van der Waals surface area contributed by atoms with Gasteiger partial charge in [-0.25, -0.2) is 0 Å². The Morgan fingerprint density at radius 1 is 1.78 bits per heavy atom. The van der Waals surface area contributed by atoms with Crippen LogP contribution < -0.4 is 0 Å². The van der Waals surface area contributed by atoms with Gasteiger partial charge in [0.05, 0.1) is 6.10 Å². The van der Waals surface area contributed by atoms with E-state index in [1.54, 1.807) is 6.92 Å². The molecule has 0 spiro atoms. The van der Waals surface area contributed by atoms with Gasteiger partial charge in [0, 0.05) is 11.3 Å². The number of nitro groups is 1. The van der Waals surface area contributed by atoms with Crippen molar-refractivity contribution >= 4 is 0 Å². The maximum Gasteiger partial charge on any atom is 0.206 e. The standard InChI is InChI=1S/C5H11NO3/c1-2-5(7)3-4-6(8)9/h5,7H,2-4H2,1H3/t5-/m1/s1. The second-order valence-electron chi connectivity index (χ2n) is 1.91. The molecule has 0 aromatic carbocycles. The first-order chi connectivity index (χ1) is 4.16. The molecule has 0 aliphatic carbocycles. The maximum absolute atomic E-state index is 9.71. The molecule has 0 saturated carbocycles. The van der Waals surface area contributed by atoms with E-state index in [0.717, 1.165) is 0 Å². The number of nitrogens with zero attached hydrogens (tertiary/aromatic N) is 1. The predicted octanol–water partition coefficient (Wildman–Crippen LogP) is 0.424. The molecule has 0 radical (unpaired) electrons. The summed E-state index contributed by atoms with van der Waals surface area (Å²) in [5.41, 5.74) is 0. The Bertz CT molecular complexity index is 94.2. The van der Waals surface area contributed by atoms with Gasteiger partial charge in [-0.15, -0.1) is 0 Å². The van der Waals surface area contributed by atoms with Gasteiger partial charge in [0.1, 0.15) is 0 Å². The van der Waals surface area contributed by atoms with E-state index in [1.807, 2.05) is 0 Å². The first-order valence-electron chi connectivity index (χ1n) is 2.96. The first kappa shape index (κ1) is 8.36. The third-order valence-corrected chi connectivity index (χ3v) is 1.12. The zero-order chi connectivity index (χ0) is 7.28. The van der Waals surface area contributed by atoms with Gasteiger partial charge in [0.15, 0.2) is 0 Å². The second-order valence-corrected chi connectivity index (χ2v) is 1.91. The normalized spacial score (nSPS) is 13.1. The first-order valence-corrected chi connectivity index (χ1v) is 2.96. The molecule has 4 nitrogen and oxygen atoms in total. The molecule has 0 aromatic heterocycles. The summed E-state index contributed by atoms with van der Waals surface area (Å²) in [6.07, 6.45) is 0.354. The van der Waals surface area contributed by atoms with Crippen LogP contribution in [0.15, 0.2) is 0 Å². The van der Waals surface area contributed by atoms with Gasteiger partial charge >= 0.3 is 0 Å². The summed E-state index contributed by atoms with van der Waals surface area (Å²) in [5, 5.41) is 18.5. The van der Waals surface area contributed by atoms with Gasteiger partial charge in [-0.3, -0.25) is 10.1 Å². The summed E-state index contributed by atoms with van der Waals surface area (Å²) in [6.45, 7) is 1.67. The minimum Gasteiger partial charge on any atom is -0.393 e. The van der Waals surface area contributed by atoms with Crippen LogP contribution in [0.5, 0.6) is 0 Å². The second kappa shape index (κ2) is 4.26. The smallest absolute Gasteiger partial charge is 0.206 e. The minimum atomic E-state index is -0.504. The van der Waals surface area contributed by atoms with E-state index in [2.05, 4.69) is 0 Å². The quantitative estimate of drug-likeness (QED) is 0.446. The molecule has 54 valence electrons. The van der Waals surface area contributed by atoms with E-state index in [0.29, 0.717) is 6.42 Å². The number of rotatable bonds is 4. The Kier molecular flexibility index (Phi) is 3.96. The fraction of sp³-hybridized carbons (Fsp3) is 1.00. The van der Waals surface area contributed by atoms with Gasteiger partial charge in [0.2, 0.25) is 6.54 Å². The van der Waals surface area contributed by atoms with Crippen LogP contribution in [0.3, 0.4) is 0 Å². The fourth-order valence-corrected chi connectivity index (χ4v) is 0.459. The van der Waals surface area contributed by atoms with Crippen molar-refractivity contribution in [2.24, 2.45) is 0 Å². The molecule has 4 heteroatoms. The molecule has 1 atom stereocenters. The van der Waals surface area contributed by atoms with Gasteiger partial charge < -0.3 is 5.11 Å². The van der Waals surface area contributed by atoms with Crippen LogP contribution in [-0.2, 0) is 0 Å². The van der Waals surface area contributed by atoms with Crippen LogP contribution >= 0.6 is 0 Å². The monoisotopic (exact) mass is 133 g/mol. The Labute approximate surface area is 53.6 Å². The molecule has 0 rings (SSSR count). The Balaban J connectivity index is 3.16. The molecule has 0 unspecified atom stereocenters. The van der Waals surface area contributed by atoms with Gasteiger partial charge in [-0.1, -0.05) is 6.92 Å². The zero-order valence-corrected chi connectivity index (χ0v) is 5.41. The average molecular weight is 133 g/mol. The third-order valence-electron chi connectivity index (χ3n) is 1.12. The van der Waals surface area contributed by atoms with E-state index in [9.17, 15) is 10.1 Å². The number of hydrogen-bond donors (Lipinski definition) is 1. The maximum atomic E-state index is 9.71. The van der Waals surface area contributed by atoms with Crippen molar-refractivity contribution in [1.82, 2.24) is 0 Å². The molecule has 0 saturated heterocycles. The molecule has 0 aromatic rings. The van der Waals surface area contributed by atoms with Crippen molar-refractivity contribution in [3.8, 4) is 0 Å². The number of aliphatic hydroxyl groups is 1. The molecule has 0 heterocycles. The zero-order valence-electron chi connectivity index (χ0n) is 5.41. The summed E-state index contributed by atoms with van der Waals surface area (Å²) in [5.74, 6) is 0. The summed E-state index contributed by atoms with van der Waals surface area (Å²) >= 11 is 0. The van der Waals surface area contributed by atoms with Crippen LogP contribution in [0.4, 0.5) is 0 Å². The molecular formula is C5H11NO3. The summed E-state index contributed by atoms with van der Waals surface area (Å²) < 4.78 is 0. The van der Waals surface area contributed by atoms with Crippen molar-refractivity contribution in [3.63, 3.8) is 0 Å². The molecule has 1 N–H and O–H groups in total. The molecule has 0 aliphatic rings. The highest BCUT2D eigenvalue weighted by molar-refractivity contribution is 4.48. The summed E-state index contributed by atoms with van der Waals surface area (Å²) in [6, 6.07) is 0. The summed E-state index contributed by atoms with van der Waals surface area (Å²) in [4.78, 5) is 9.30. The molecule has 0 amide bonds. The molecular weight excluding hydrogens is 122 g/mol. The van der Waals surface area contributed by atoms with E-state index < -0.39 is 11.0 Å². The highest BCUT2D eigenvalue weighted by atomic mass is 16.6. The summed E-state index contributed by atoms with van der Waals surface area (Å²) in [7, 11) is 0. The Hall–Kier alpha value is -0.640. The lowest BCUT2D eigenvalue weighted by Gasteiger charge is -2.01. The average Bonchev–Trinajstić information content (AvgIpc) is 1.83. The SMILES string of the molecule is CC[C@@H](O)CC[N+](=O)[O-]. The van der Waals surface area contributed by atoms with E-state index in [1.165, 1.54) is 0 Å². The molecule has 0 aliphatic heterocycles. The Morgan fingerprint density at radius 2 is 2.33 bits per heavy atom. The topological polar surface area (TPSA) is 63.4 Å². The van der Waals surface area contributed by atoms with Crippen LogP contribution in [0.2, 0.25) is 0 Å². The predicted molar refractivity (Wildman–Crippen MR) is 32.8 cm³/mol. The van der Waals surface area contributed by atoms with E-state index >= 15 is 0 Å². The minimum absolute atomic E-state index is 0.130.